The smallest absolute Gasteiger partial charge is 0.265 e. The molecule has 5 rings (SSSR count). The number of anilines is 1. The van der Waals surface area contributed by atoms with Gasteiger partial charge in [0, 0.05) is 32.6 Å². The van der Waals surface area contributed by atoms with Crippen molar-refractivity contribution in [3.05, 3.63) is 53.4 Å². The molecule has 1 fully saturated rings. The molecule has 1 aliphatic carbocycles. The second-order valence-corrected chi connectivity index (χ2v) is 9.49. The van der Waals surface area contributed by atoms with E-state index in [4.69, 9.17) is 9.47 Å². The summed E-state index contributed by atoms with van der Waals surface area (Å²) in [6, 6.07) is 15.6. The van der Waals surface area contributed by atoms with Gasteiger partial charge in [-0.3, -0.25) is 9.59 Å². The molecule has 0 aliphatic heterocycles. The van der Waals surface area contributed by atoms with Crippen LogP contribution >= 0.6 is 22.7 Å². The van der Waals surface area contributed by atoms with Gasteiger partial charge < -0.3 is 20.1 Å². The van der Waals surface area contributed by atoms with Crippen LogP contribution in [0, 0.1) is 0 Å². The van der Waals surface area contributed by atoms with Crippen LogP contribution in [0.3, 0.4) is 0 Å². The average molecular weight is 453 g/mol. The highest BCUT2D eigenvalue weighted by molar-refractivity contribution is 7.33. The van der Waals surface area contributed by atoms with Crippen molar-refractivity contribution in [2.24, 2.45) is 0 Å². The Kier molecular flexibility index (Phi) is 5.25. The van der Waals surface area contributed by atoms with Crippen LogP contribution in [0.4, 0.5) is 5.69 Å². The maximum Gasteiger partial charge on any atom is 0.265 e. The second-order valence-electron chi connectivity index (χ2n) is 7.35. The molecule has 6 nitrogen and oxygen atoms in total. The molecule has 8 heteroatoms. The zero-order valence-electron chi connectivity index (χ0n) is 16.8. The largest absolute Gasteiger partial charge is 0.493 e. The Morgan fingerprint density at radius 2 is 1.87 bits per heavy atom. The third-order valence-corrected chi connectivity index (χ3v) is 7.41. The first-order valence-electron chi connectivity index (χ1n) is 9.93. The van der Waals surface area contributed by atoms with Crippen molar-refractivity contribution >= 4 is 59.7 Å². The van der Waals surface area contributed by atoms with Gasteiger partial charge in [-0.25, -0.2) is 0 Å². The molecular formula is C23H20N2O4S2. The van der Waals surface area contributed by atoms with Crippen LogP contribution in [0.1, 0.15) is 22.5 Å². The molecule has 2 heterocycles. The van der Waals surface area contributed by atoms with Crippen LogP contribution in [0.15, 0.2) is 48.5 Å². The Balaban J connectivity index is 1.32. The number of methoxy groups -OCH3 is 1. The van der Waals surface area contributed by atoms with Crippen LogP contribution in [-0.2, 0) is 4.79 Å². The maximum atomic E-state index is 12.8. The number of rotatable bonds is 7. The number of amides is 2. The van der Waals surface area contributed by atoms with Crippen molar-refractivity contribution in [1.29, 1.82) is 0 Å². The number of thiophene rings is 2. The summed E-state index contributed by atoms with van der Waals surface area (Å²) in [7, 11) is 1.54. The number of carbonyl (C=O) groups excluding carboxylic acids is 2. The van der Waals surface area contributed by atoms with E-state index >= 15 is 0 Å². The molecule has 1 aliphatic rings. The summed E-state index contributed by atoms with van der Waals surface area (Å²) in [5.41, 5.74) is 0.574. The molecule has 0 radical (unpaired) electrons. The number of benzene rings is 2. The quantitative estimate of drug-likeness (QED) is 0.412. The molecule has 2 N–H and O–H groups in total. The Labute approximate surface area is 186 Å². The molecule has 31 heavy (non-hydrogen) atoms. The maximum absolute atomic E-state index is 12.8. The highest BCUT2D eigenvalue weighted by atomic mass is 32.1. The number of nitrogens with one attached hydrogen (secondary N) is 2. The van der Waals surface area contributed by atoms with Gasteiger partial charge >= 0.3 is 0 Å². The number of ether oxygens (including phenoxy) is 2. The van der Waals surface area contributed by atoms with Crippen LogP contribution in [0.2, 0.25) is 0 Å². The van der Waals surface area contributed by atoms with Gasteiger partial charge in [-0.15, -0.1) is 22.7 Å². The summed E-state index contributed by atoms with van der Waals surface area (Å²) < 4.78 is 14.4. The van der Waals surface area contributed by atoms with Crippen LogP contribution in [-0.4, -0.2) is 31.6 Å². The van der Waals surface area contributed by atoms with E-state index in [1.807, 2.05) is 18.2 Å². The molecule has 2 aromatic heterocycles. The highest BCUT2D eigenvalue weighted by Crippen LogP contribution is 2.39. The van der Waals surface area contributed by atoms with Gasteiger partial charge in [0.25, 0.3) is 11.8 Å². The Morgan fingerprint density at radius 3 is 2.68 bits per heavy atom. The first-order valence-corrected chi connectivity index (χ1v) is 11.6. The minimum atomic E-state index is -0.180. The van der Waals surface area contributed by atoms with Gasteiger partial charge in [-0.05, 0) is 37.1 Å². The first-order chi connectivity index (χ1) is 15.1. The van der Waals surface area contributed by atoms with Crippen molar-refractivity contribution < 1.29 is 19.1 Å². The molecule has 1 saturated carbocycles. The fourth-order valence-corrected chi connectivity index (χ4v) is 5.73. The lowest BCUT2D eigenvalue weighted by Crippen LogP contribution is -2.30. The second kappa shape index (κ2) is 8.20. The van der Waals surface area contributed by atoms with E-state index in [-0.39, 0.29) is 24.5 Å². The number of hydrogen-bond donors (Lipinski definition) is 2. The molecule has 0 bridgehead atoms. The van der Waals surface area contributed by atoms with Crippen molar-refractivity contribution in [3.8, 4) is 11.5 Å². The lowest BCUT2D eigenvalue weighted by Gasteiger charge is -2.13. The Morgan fingerprint density at radius 1 is 1.03 bits per heavy atom. The summed E-state index contributed by atoms with van der Waals surface area (Å²) in [6.45, 7) is -0.0987. The summed E-state index contributed by atoms with van der Waals surface area (Å²) in [4.78, 5) is 25.4. The highest BCUT2D eigenvalue weighted by Gasteiger charge is 2.23. The molecule has 0 spiro atoms. The third kappa shape index (κ3) is 4.22. The number of fused-ring (bicyclic) bond motifs is 3. The van der Waals surface area contributed by atoms with Crippen molar-refractivity contribution in [3.63, 3.8) is 0 Å². The predicted molar refractivity (Wildman–Crippen MR) is 125 cm³/mol. The normalized spacial score (nSPS) is 13.3. The molecular weight excluding hydrogens is 432 g/mol. The molecule has 2 amide bonds. The minimum absolute atomic E-state index is 0.0987. The zero-order chi connectivity index (χ0) is 21.4. The molecule has 0 saturated heterocycles. The van der Waals surface area contributed by atoms with Crippen molar-refractivity contribution in [1.82, 2.24) is 5.32 Å². The summed E-state index contributed by atoms with van der Waals surface area (Å²) >= 11 is 3.18. The summed E-state index contributed by atoms with van der Waals surface area (Å²) in [5.74, 6) is 0.565. The average Bonchev–Trinajstić information content (AvgIpc) is 3.37. The standard InChI is InChI=1S/C23H20N2O4S2/c1-28-16-9-8-14(10-17(16)29-12-21(26)24-13-6-7-13)25-23(27)20-11-19-22(31-20)15-4-2-3-5-18(15)30-19/h2-5,8-11,13H,6-7,12H2,1H3,(H,24,26)(H,25,27). The monoisotopic (exact) mass is 452 g/mol. The fraction of sp³-hybridized carbons (Fsp3) is 0.217. The number of carbonyl (C=O) groups is 2. The van der Waals surface area contributed by atoms with Crippen molar-refractivity contribution in [2.75, 3.05) is 19.0 Å². The van der Waals surface area contributed by atoms with Gasteiger partial charge in [0.2, 0.25) is 0 Å². The molecule has 2 aromatic carbocycles. The van der Waals surface area contributed by atoms with Gasteiger partial charge in [-0.2, -0.15) is 0 Å². The van der Waals surface area contributed by atoms with E-state index in [1.165, 1.54) is 28.5 Å². The molecule has 158 valence electrons. The Hall–Kier alpha value is -3.10. The predicted octanol–water partition coefficient (Wildman–Crippen LogP) is 5.03. The van der Waals surface area contributed by atoms with Gasteiger partial charge in [-0.1, -0.05) is 18.2 Å². The summed E-state index contributed by atoms with van der Waals surface area (Å²) in [5, 5.41) is 6.98. The topological polar surface area (TPSA) is 76.7 Å². The van der Waals surface area contributed by atoms with E-state index in [0.717, 1.165) is 22.2 Å². The van der Waals surface area contributed by atoms with E-state index < -0.39 is 0 Å². The molecule has 4 aromatic rings. The Bertz CT molecular complexity index is 1290. The van der Waals surface area contributed by atoms with E-state index in [9.17, 15) is 9.59 Å². The van der Waals surface area contributed by atoms with E-state index in [2.05, 4.69) is 22.8 Å². The number of hydrogen-bond acceptors (Lipinski definition) is 6. The lowest BCUT2D eigenvalue weighted by molar-refractivity contribution is -0.123. The fourth-order valence-electron chi connectivity index (χ4n) is 3.31. The lowest BCUT2D eigenvalue weighted by atomic mass is 10.2. The van der Waals surface area contributed by atoms with E-state index in [0.29, 0.717) is 22.1 Å². The minimum Gasteiger partial charge on any atom is -0.493 e. The molecule has 0 atom stereocenters. The van der Waals surface area contributed by atoms with Crippen LogP contribution < -0.4 is 20.1 Å². The first kappa shape index (κ1) is 19.8. The van der Waals surface area contributed by atoms with Gasteiger partial charge in [0.1, 0.15) is 0 Å². The third-order valence-electron chi connectivity index (χ3n) is 5.00. The van der Waals surface area contributed by atoms with Crippen LogP contribution in [0.5, 0.6) is 11.5 Å². The van der Waals surface area contributed by atoms with E-state index in [1.54, 1.807) is 29.5 Å². The van der Waals surface area contributed by atoms with Gasteiger partial charge in [0.05, 0.1) is 16.7 Å². The zero-order valence-corrected chi connectivity index (χ0v) is 18.4. The van der Waals surface area contributed by atoms with Crippen molar-refractivity contribution in [2.45, 2.75) is 18.9 Å². The SMILES string of the molecule is COc1ccc(NC(=O)c2cc3sc4ccccc4c3s2)cc1OCC(=O)NC1CC1. The summed E-state index contributed by atoms with van der Waals surface area (Å²) in [6.07, 6.45) is 2.04. The van der Waals surface area contributed by atoms with Gasteiger partial charge in [0.15, 0.2) is 18.1 Å². The molecule has 0 unspecified atom stereocenters. The van der Waals surface area contributed by atoms with Crippen LogP contribution in [0.25, 0.3) is 19.5 Å².